The van der Waals surface area contributed by atoms with Crippen LogP contribution in [0.5, 0.6) is 0 Å². The molecule has 0 spiro atoms. The molecule has 4 nitrogen and oxygen atoms in total. The molecule has 0 fully saturated rings. The van der Waals surface area contributed by atoms with Gasteiger partial charge in [0.25, 0.3) is 0 Å². The number of hydrogen-bond donors (Lipinski definition) is 0. The topological polar surface area (TPSA) is 47.3 Å². The van der Waals surface area contributed by atoms with Gasteiger partial charge in [0.2, 0.25) is 5.91 Å². The molecule has 31 heavy (non-hydrogen) atoms. The molecular weight excluding hydrogens is 424 g/mol. The number of nitriles is 1. The zero-order chi connectivity index (χ0) is 24.1. The molecule has 1 aromatic carbocycles. The molecule has 0 aliphatic carbocycles. The maximum absolute atomic E-state index is 13.3. The van der Waals surface area contributed by atoms with Crippen molar-refractivity contribution < 1.29 is 31.1 Å². The number of carbonyl (C=O) groups is 1. The molecule has 174 valence electrons. The molecule has 0 heterocycles. The monoisotopic (exact) mass is 451 g/mol. The average Bonchev–Trinajstić information content (AvgIpc) is 2.61. The molecule has 10 heteroatoms. The van der Waals surface area contributed by atoms with Crippen molar-refractivity contribution in [1.29, 1.82) is 5.26 Å². The van der Waals surface area contributed by atoms with Crippen molar-refractivity contribution in [3.05, 3.63) is 29.3 Å². The Kier molecular flexibility index (Phi) is 8.79. The van der Waals surface area contributed by atoms with Gasteiger partial charge in [-0.2, -0.15) is 31.6 Å². The molecule has 1 aromatic rings. The number of alkyl halides is 6. The van der Waals surface area contributed by atoms with E-state index in [1.54, 1.807) is 0 Å². The molecule has 0 bridgehead atoms. The number of benzene rings is 1. The third-order valence-corrected chi connectivity index (χ3v) is 4.42. The van der Waals surface area contributed by atoms with Gasteiger partial charge in [-0.15, -0.1) is 0 Å². The Morgan fingerprint density at radius 1 is 1.00 bits per heavy atom. The second-order valence-electron chi connectivity index (χ2n) is 8.29. The molecule has 1 atom stereocenters. The summed E-state index contributed by atoms with van der Waals surface area (Å²) in [4.78, 5) is 15.1. The lowest BCUT2D eigenvalue weighted by atomic mass is 10.0. The van der Waals surface area contributed by atoms with Crippen molar-refractivity contribution in [2.24, 2.45) is 11.8 Å². The Hall–Kier alpha value is -2.44. The van der Waals surface area contributed by atoms with Gasteiger partial charge in [-0.1, -0.05) is 27.7 Å². The van der Waals surface area contributed by atoms with Crippen molar-refractivity contribution in [2.75, 3.05) is 24.5 Å². The first-order valence-corrected chi connectivity index (χ1v) is 9.80. The molecule has 0 radical (unpaired) electrons. The van der Waals surface area contributed by atoms with Crippen LogP contribution in [0.1, 0.15) is 45.7 Å². The Bertz CT molecular complexity index is 786. The maximum atomic E-state index is 13.3. The van der Waals surface area contributed by atoms with Gasteiger partial charge in [-0.25, -0.2) is 0 Å². The van der Waals surface area contributed by atoms with E-state index in [1.807, 2.05) is 27.7 Å². The molecular formula is C21H27F6N3O. The maximum Gasteiger partial charge on any atom is 0.417 e. The van der Waals surface area contributed by atoms with Gasteiger partial charge in [-0.3, -0.25) is 4.79 Å². The second-order valence-corrected chi connectivity index (χ2v) is 8.29. The number of nitrogens with zero attached hydrogens (tertiary/aromatic N) is 3. The van der Waals surface area contributed by atoms with Crippen LogP contribution in [0.2, 0.25) is 0 Å². The van der Waals surface area contributed by atoms with Crippen molar-refractivity contribution in [2.45, 2.75) is 53.0 Å². The Labute approximate surface area is 178 Å². The molecule has 0 aliphatic heterocycles. The van der Waals surface area contributed by atoms with Gasteiger partial charge in [0.05, 0.1) is 17.2 Å². The first-order valence-electron chi connectivity index (χ1n) is 9.80. The van der Waals surface area contributed by atoms with Crippen molar-refractivity contribution in [3.8, 4) is 6.07 Å². The van der Waals surface area contributed by atoms with Crippen LogP contribution in [0.4, 0.5) is 32.0 Å². The van der Waals surface area contributed by atoms with Gasteiger partial charge in [0, 0.05) is 18.8 Å². The van der Waals surface area contributed by atoms with Gasteiger partial charge in [-0.05, 0) is 37.0 Å². The largest absolute Gasteiger partial charge is 0.417 e. The van der Waals surface area contributed by atoms with E-state index in [-0.39, 0.29) is 11.8 Å². The molecule has 0 aromatic heterocycles. The Balaban J connectivity index is 3.46. The van der Waals surface area contributed by atoms with Crippen LogP contribution in [0.15, 0.2) is 18.2 Å². The summed E-state index contributed by atoms with van der Waals surface area (Å²) in [5.41, 5.74) is -2.48. The summed E-state index contributed by atoms with van der Waals surface area (Å²) in [6, 6.07) is 2.33. The van der Waals surface area contributed by atoms with Crippen molar-refractivity contribution in [1.82, 2.24) is 4.90 Å². The van der Waals surface area contributed by atoms with E-state index in [1.165, 1.54) is 17.9 Å². The summed E-state index contributed by atoms with van der Waals surface area (Å²) in [5, 5.41) is 8.93. The lowest BCUT2D eigenvalue weighted by Gasteiger charge is -2.36. The highest BCUT2D eigenvalue weighted by Gasteiger charge is 2.39. The van der Waals surface area contributed by atoms with E-state index in [9.17, 15) is 31.1 Å². The number of amides is 1. The number of rotatable bonds is 8. The van der Waals surface area contributed by atoms with E-state index < -0.39 is 47.7 Å². The van der Waals surface area contributed by atoms with E-state index in [4.69, 9.17) is 5.26 Å². The summed E-state index contributed by atoms with van der Waals surface area (Å²) >= 11 is 0. The lowest BCUT2D eigenvalue weighted by Crippen LogP contribution is -2.51. The third kappa shape index (κ3) is 7.96. The van der Waals surface area contributed by atoms with Gasteiger partial charge in [0.1, 0.15) is 12.6 Å². The van der Waals surface area contributed by atoms with E-state index >= 15 is 0 Å². The molecule has 0 aliphatic rings. The fraction of sp³-hybridized carbons (Fsp3) is 0.619. The molecule has 0 saturated heterocycles. The van der Waals surface area contributed by atoms with Gasteiger partial charge in [0.15, 0.2) is 0 Å². The molecule has 0 saturated carbocycles. The Morgan fingerprint density at radius 2 is 1.52 bits per heavy atom. The molecule has 0 N–H and O–H groups in total. The van der Waals surface area contributed by atoms with Crippen LogP contribution in [0.25, 0.3) is 0 Å². The summed E-state index contributed by atoms with van der Waals surface area (Å²) in [6.07, 6.45) is -9.69. The highest BCUT2D eigenvalue weighted by atomic mass is 19.4. The normalized spacial score (nSPS) is 13.3. The minimum Gasteiger partial charge on any atom is -0.351 e. The minimum absolute atomic E-state index is 0.0534. The van der Waals surface area contributed by atoms with Crippen LogP contribution in [0, 0.1) is 23.2 Å². The fourth-order valence-corrected chi connectivity index (χ4v) is 3.22. The van der Waals surface area contributed by atoms with Crippen LogP contribution in [-0.2, 0) is 11.0 Å². The van der Waals surface area contributed by atoms with Gasteiger partial charge >= 0.3 is 12.4 Å². The number of carbonyl (C=O) groups excluding carboxylic acids is 1. The number of hydrogen-bond acceptors (Lipinski definition) is 3. The summed E-state index contributed by atoms with van der Waals surface area (Å²) in [7, 11) is 0. The van der Waals surface area contributed by atoms with Crippen LogP contribution in [0.3, 0.4) is 0 Å². The van der Waals surface area contributed by atoms with Crippen LogP contribution < -0.4 is 4.90 Å². The van der Waals surface area contributed by atoms with Crippen LogP contribution >= 0.6 is 0 Å². The third-order valence-electron chi connectivity index (χ3n) is 4.42. The SMILES string of the molecule is CC(C)CN(CC(C)C)C(=O)C(C)N(CC(F)(F)F)c1ccc(C#N)c(C(F)(F)F)c1. The summed E-state index contributed by atoms with van der Waals surface area (Å²) in [5.74, 6) is -0.500. The zero-order valence-corrected chi connectivity index (χ0v) is 18.1. The van der Waals surface area contributed by atoms with Gasteiger partial charge < -0.3 is 9.80 Å². The lowest BCUT2D eigenvalue weighted by molar-refractivity contribution is -0.137. The van der Waals surface area contributed by atoms with E-state index in [0.29, 0.717) is 24.1 Å². The predicted octanol–water partition coefficient (Wildman–Crippen LogP) is 5.47. The highest BCUT2D eigenvalue weighted by molar-refractivity contribution is 5.85. The second kappa shape index (κ2) is 10.2. The number of anilines is 1. The highest BCUT2D eigenvalue weighted by Crippen LogP contribution is 2.35. The summed E-state index contributed by atoms with van der Waals surface area (Å²) in [6.45, 7) is 7.67. The molecule has 1 rings (SSSR count). The summed E-state index contributed by atoms with van der Waals surface area (Å²) < 4.78 is 79.8. The number of halogens is 6. The fourth-order valence-electron chi connectivity index (χ4n) is 3.22. The Morgan fingerprint density at radius 3 is 1.90 bits per heavy atom. The molecule has 1 amide bonds. The van der Waals surface area contributed by atoms with Crippen molar-refractivity contribution >= 4 is 11.6 Å². The standard InChI is InChI=1S/C21H27F6N3O/c1-13(2)10-29(11-14(3)4)19(31)15(5)30(12-20(22,23)24)17-7-6-16(9-28)18(8-17)21(25,26)27/h6-8,13-15H,10-12H2,1-5H3. The van der Waals surface area contributed by atoms with E-state index in [0.717, 1.165) is 12.1 Å². The zero-order valence-electron chi connectivity index (χ0n) is 18.1. The van der Waals surface area contributed by atoms with E-state index in [2.05, 4.69) is 0 Å². The quantitative estimate of drug-likeness (QED) is 0.492. The smallest absolute Gasteiger partial charge is 0.351 e. The first kappa shape index (κ1) is 26.6. The predicted molar refractivity (Wildman–Crippen MR) is 105 cm³/mol. The first-order chi connectivity index (χ1) is 14.1. The average molecular weight is 451 g/mol. The minimum atomic E-state index is -4.93. The van der Waals surface area contributed by atoms with Crippen molar-refractivity contribution in [3.63, 3.8) is 0 Å². The molecule has 1 unspecified atom stereocenters. The van der Waals surface area contributed by atoms with Crippen LogP contribution in [-0.4, -0.2) is 42.7 Å².